The van der Waals surface area contributed by atoms with Gasteiger partial charge in [0.05, 0.1) is 25.4 Å². The summed E-state index contributed by atoms with van der Waals surface area (Å²) >= 11 is 0. The molecule has 8 heteroatoms. The highest BCUT2D eigenvalue weighted by Crippen LogP contribution is 2.45. The number of ether oxygens (including phenoxy) is 2. The van der Waals surface area contributed by atoms with Gasteiger partial charge < -0.3 is 25.2 Å². The van der Waals surface area contributed by atoms with Gasteiger partial charge in [-0.1, -0.05) is 32.6 Å². The average Bonchev–Trinajstić information content (AvgIpc) is 3.29. The van der Waals surface area contributed by atoms with E-state index < -0.39 is 12.1 Å². The van der Waals surface area contributed by atoms with Crippen molar-refractivity contribution >= 4 is 18.0 Å². The third kappa shape index (κ3) is 8.20. The first-order valence-electron chi connectivity index (χ1n) is 11.1. The number of carboxylic acid groups (broad SMARTS) is 1. The number of fused-ring (bicyclic) bond motifs is 2. The van der Waals surface area contributed by atoms with Crippen LogP contribution in [-0.2, 0) is 19.1 Å². The van der Waals surface area contributed by atoms with Gasteiger partial charge in [0, 0.05) is 18.9 Å². The summed E-state index contributed by atoms with van der Waals surface area (Å²) in [6, 6.07) is 0. The highest BCUT2D eigenvalue weighted by atomic mass is 16.6. The Bertz CT molecular complexity index is 541. The summed E-state index contributed by atoms with van der Waals surface area (Å²) in [7, 11) is 0. The Morgan fingerprint density at radius 2 is 1.72 bits per heavy atom. The first-order valence-corrected chi connectivity index (χ1v) is 11.1. The lowest BCUT2D eigenvalue weighted by molar-refractivity contribution is -0.137. The van der Waals surface area contributed by atoms with Crippen LogP contribution in [0.3, 0.4) is 0 Å². The van der Waals surface area contributed by atoms with E-state index in [0.29, 0.717) is 19.1 Å². The fraction of sp³-hybridized carbons (Fsp3) is 0.857. The van der Waals surface area contributed by atoms with Gasteiger partial charge in [-0.3, -0.25) is 9.59 Å². The van der Waals surface area contributed by atoms with Crippen LogP contribution in [0.15, 0.2) is 0 Å². The summed E-state index contributed by atoms with van der Waals surface area (Å²) in [6.07, 6.45) is 8.80. The number of aliphatic carboxylic acids is 1. The molecule has 2 bridgehead atoms. The Labute approximate surface area is 173 Å². The SMILES string of the molecule is CCCCNC(=O)CNC(=O)OC[C@H]1[C@@H](CCCCCCC(=O)O)[C@H]2CC[C@@H]1O2. The van der Waals surface area contributed by atoms with Gasteiger partial charge in [0.1, 0.15) is 0 Å². The Kier molecular flexibility index (Phi) is 10.2. The maximum atomic E-state index is 11.9. The lowest BCUT2D eigenvalue weighted by Gasteiger charge is -2.27. The molecule has 2 amide bonds. The highest BCUT2D eigenvalue weighted by molar-refractivity contribution is 5.82. The molecule has 0 aliphatic carbocycles. The summed E-state index contributed by atoms with van der Waals surface area (Å²) < 4.78 is 11.4. The molecule has 2 aliphatic heterocycles. The number of carboxylic acids is 1. The second-order valence-electron chi connectivity index (χ2n) is 8.12. The second kappa shape index (κ2) is 12.7. The lowest BCUT2D eigenvalue weighted by atomic mass is 9.77. The minimum absolute atomic E-state index is 0.0739. The summed E-state index contributed by atoms with van der Waals surface area (Å²) in [5.41, 5.74) is 0. The molecule has 4 atom stereocenters. The van der Waals surface area contributed by atoms with Crippen LogP contribution in [0, 0.1) is 11.8 Å². The van der Waals surface area contributed by atoms with Crippen molar-refractivity contribution < 1.29 is 29.0 Å². The molecule has 2 fully saturated rings. The minimum atomic E-state index is -0.736. The van der Waals surface area contributed by atoms with Crippen molar-refractivity contribution in [3.05, 3.63) is 0 Å². The molecule has 0 aromatic rings. The van der Waals surface area contributed by atoms with E-state index in [2.05, 4.69) is 10.6 Å². The maximum Gasteiger partial charge on any atom is 0.407 e. The van der Waals surface area contributed by atoms with Gasteiger partial charge in [0.25, 0.3) is 0 Å². The molecular formula is C21H36N2O6. The maximum absolute atomic E-state index is 11.9. The quantitative estimate of drug-likeness (QED) is 0.378. The predicted octanol–water partition coefficient (Wildman–Crippen LogP) is 2.85. The molecule has 3 N–H and O–H groups in total. The lowest BCUT2D eigenvalue weighted by Crippen LogP contribution is -2.39. The van der Waals surface area contributed by atoms with Crippen LogP contribution in [-0.4, -0.2) is 55.0 Å². The van der Waals surface area contributed by atoms with E-state index >= 15 is 0 Å². The standard InChI is InChI=1S/C21H36N2O6/c1-2-3-12-22-19(24)13-23-21(27)28-14-16-15(17-10-11-18(16)29-17)8-6-4-5-7-9-20(25)26/h15-18H,2-14H2,1H3,(H,22,24)(H,23,27)(H,25,26)/t15-,16+,17-,18+/m1/s1. The van der Waals surface area contributed by atoms with E-state index in [-0.39, 0.29) is 37.0 Å². The first-order chi connectivity index (χ1) is 14.0. The molecule has 8 nitrogen and oxygen atoms in total. The first kappa shape index (κ1) is 23.4. The molecular weight excluding hydrogens is 376 g/mol. The third-order valence-corrected chi connectivity index (χ3v) is 5.92. The molecule has 0 aromatic heterocycles. The van der Waals surface area contributed by atoms with Gasteiger partial charge in [-0.05, 0) is 38.0 Å². The third-order valence-electron chi connectivity index (χ3n) is 5.92. The zero-order chi connectivity index (χ0) is 21.1. The summed E-state index contributed by atoms with van der Waals surface area (Å²) in [5.74, 6) is -0.352. The molecule has 0 radical (unpaired) electrons. The fourth-order valence-electron chi connectivity index (χ4n) is 4.35. The monoisotopic (exact) mass is 412 g/mol. The van der Waals surface area contributed by atoms with Crippen LogP contribution in [0.2, 0.25) is 0 Å². The van der Waals surface area contributed by atoms with Gasteiger partial charge in [-0.2, -0.15) is 0 Å². The van der Waals surface area contributed by atoms with Gasteiger partial charge in [-0.25, -0.2) is 4.79 Å². The number of nitrogens with one attached hydrogen (secondary N) is 2. The number of carbonyl (C=O) groups excluding carboxylic acids is 2. The molecule has 0 saturated carbocycles. The van der Waals surface area contributed by atoms with Crippen LogP contribution in [0.5, 0.6) is 0 Å². The number of hydrogen-bond donors (Lipinski definition) is 3. The van der Waals surface area contributed by atoms with Crippen molar-refractivity contribution in [3.8, 4) is 0 Å². The molecule has 0 unspecified atom stereocenters. The predicted molar refractivity (Wildman–Crippen MR) is 107 cm³/mol. The molecule has 2 heterocycles. The van der Waals surface area contributed by atoms with Gasteiger partial charge in [-0.15, -0.1) is 0 Å². The molecule has 29 heavy (non-hydrogen) atoms. The number of unbranched alkanes of at least 4 members (excludes halogenated alkanes) is 4. The molecule has 0 aromatic carbocycles. The van der Waals surface area contributed by atoms with E-state index in [0.717, 1.165) is 57.8 Å². The minimum Gasteiger partial charge on any atom is -0.481 e. The van der Waals surface area contributed by atoms with E-state index in [4.69, 9.17) is 14.6 Å². The van der Waals surface area contributed by atoms with E-state index in [9.17, 15) is 14.4 Å². The summed E-state index contributed by atoms with van der Waals surface area (Å²) in [4.78, 5) is 34.1. The van der Waals surface area contributed by atoms with Crippen molar-refractivity contribution in [2.24, 2.45) is 11.8 Å². The van der Waals surface area contributed by atoms with Crippen molar-refractivity contribution in [3.63, 3.8) is 0 Å². The highest BCUT2D eigenvalue weighted by Gasteiger charge is 2.48. The molecule has 2 rings (SSSR count). The zero-order valence-electron chi connectivity index (χ0n) is 17.5. The number of alkyl carbamates (subject to hydrolysis) is 1. The smallest absolute Gasteiger partial charge is 0.407 e. The Balaban J connectivity index is 1.63. The van der Waals surface area contributed by atoms with E-state index in [1.165, 1.54) is 0 Å². The fourth-order valence-corrected chi connectivity index (χ4v) is 4.35. The zero-order valence-corrected chi connectivity index (χ0v) is 17.5. The molecule has 2 saturated heterocycles. The van der Waals surface area contributed by atoms with Crippen molar-refractivity contribution in [1.82, 2.24) is 10.6 Å². The number of hydrogen-bond acceptors (Lipinski definition) is 5. The number of carbonyl (C=O) groups is 3. The van der Waals surface area contributed by atoms with Crippen LogP contribution >= 0.6 is 0 Å². The normalized spacial score (nSPS) is 25.0. The van der Waals surface area contributed by atoms with Crippen molar-refractivity contribution in [2.45, 2.75) is 83.3 Å². The van der Waals surface area contributed by atoms with Crippen LogP contribution < -0.4 is 10.6 Å². The molecule has 0 spiro atoms. The van der Waals surface area contributed by atoms with Gasteiger partial charge in [0.15, 0.2) is 0 Å². The Morgan fingerprint density at radius 1 is 1.00 bits per heavy atom. The topological polar surface area (TPSA) is 114 Å². The van der Waals surface area contributed by atoms with Gasteiger partial charge in [0.2, 0.25) is 5.91 Å². The van der Waals surface area contributed by atoms with E-state index in [1.54, 1.807) is 0 Å². The Hall–Kier alpha value is -1.83. The molecule has 166 valence electrons. The van der Waals surface area contributed by atoms with Crippen LogP contribution in [0.25, 0.3) is 0 Å². The van der Waals surface area contributed by atoms with Crippen molar-refractivity contribution in [2.75, 3.05) is 19.7 Å². The molecule has 2 aliphatic rings. The largest absolute Gasteiger partial charge is 0.481 e. The van der Waals surface area contributed by atoms with Crippen LogP contribution in [0.4, 0.5) is 4.79 Å². The number of amides is 2. The Morgan fingerprint density at radius 3 is 2.45 bits per heavy atom. The number of rotatable bonds is 14. The van der Waals surface area contributed by atoms with Gasteiger partial charge >= 0.3 is 12.1 Å². The second-order valence-corrected chi connectivity index (χ2v) is 8.12. The summed E-state index contributed by atoms with van der Waals surface area (Å²) in [6.45, 7) is 2.91. The van der Waals surface area contributed by atoms with Crippen molar-refractivity contribution in [1.29, 1.82) is 0 Å². The summed E-state index contributed by atoms with van der Waals surface area (Å²) in [5, 5.41) is 13.9. The van der Waals surface area contributed by atoms with E-state index in [1.807, 2.05) is 6.92 Å². The average molecular weight is 413 g/mol. The van der Waals surface area contributed by atoms with Crippen LogP contribution in [0.1, 0.15) is 71.1 Å².